The highest BCUT2D eigenvalue weighted by Gasteiger charge is 2.40. The lowest BCUT2D eigenvalue weighted by molar-refractivity contribution is -0.102. The number of ether oxygens (including phenoxy) is 1. The van der Waals surface area contributed by atoms with Crippen molar-refractivity contribution in [2.24, 2.45) is 0 Å². The number of rotatable bonds is 3. The molecular formula is C16H26N4O. The second-order valence-corrected chi connectivity index (χ2v) is 6.28. The molecule has 0 radical (unpaired) electrons. The topological polar surface area (TPSA) is 50.3 Å². The molecule has 21 heavy (non-hydrogen) atoms. The fourth-order valence-corrected chi connectivity index (χ4v) is 3.60. The molecule has 1 aromatic heterocycles. The number of hydrogen-bond donors (Lipinski definition) is 1. The van der Waals surface area contributed by atoms with Crippen molar-refractivity contribution in [3.05, 3.63) is 18.1 Å². The fraction of sp³-hybridized carbons (Fsp3) is 0.750. The van der Waals surface area contributed by atoms with E-state index in [-0.39, 0.29) is 5.60 Å². The van der Waals surface area contributed by atoms with Crippen LogP contribution in [0.5, 0.6) is 0 Å². The Kier molecular flexibility index (Phi) is 4.40. The van der Waals surface area contributed by atoms with Crippen molar-refractivity contribution in [3.63, 3.8) is 0 Å². The van der Waals surface area contributed by atoms with E-state index in [0.717, 1.165) is 63.4 Å². The quantitative estimate of drug-likeness (QED) is 0.921. The second-order valence-electron chi connectivity index (χ2n) is 6.28. The van der Waals surface area contributed by atoms with Gasteiger partial charge >= 0.3 is 0 Å². The van der Waals surface area contributed by atoms with Crippen LogP contribution in [0.4, 0.5) is 5.82 Å². The van der Waals surface area contributed by atoms with Crippen molar-refractivity contribution >= 4 is 5.82 Å². The number of hydrogen-bond acceptors (Lipinski definition) is 5. The van der Waals surface area contributed by atoms with Crippen molar-refractivity contribution < 1.29 is 4.74 Å². The molecule has 5 nitrogen and oxygen atoms in total. The van der Waals surface area contributed by atoms with Gasteiger partial charge in [0.05, 0.1) is 5.60 Å². The molecule has 0 bridgehead atoms. The summed E-state index contributed by atoms with van der Waals surface area (Å²) >= 11 is 0. The number of nitrogens with one attached hydrogen (secondary N) is 1. The van der Waals surface area contributed by atoms with Gasteiger partial charge in [0.2, 0.25) is 0 Å². The molecule has 0 aromatic carbocycles. The normalized spacial score (nSPS) is 25.2. The van der Waals surface area contributed by atoms with Gasteiger partial charge in [-0.15, -0.1) is 0 Å². The van der Waals surface area contributed by atoms with Crippen LogP contribution in [0, 0.1) is 6.92 Å². The highest BCUT2D eigenvalue weighted by molar-refractivity contribution is 5.39. The third-order valence-corrected chi connectivity index (χ3v) is 4.77. The maximum Gasteiger partial charge on any atom is 0.132 e. The van der Waals surface area contributed by atoms with Crippen molar-refractivity contribution in [2.75, 3.05) is 31.1 Å². The first-order valence-corrected chi connectivity index (χ1v) is 8.12. The molecule has 0 aliphatic carbocycles. The van der Waals surface area contributed by atoms with Crippen molar-refractivity contribution in [1.29, 1.82) is 0 Å². The highest BCUT2D eigenvalue weighted by Crippen LogP contribution is 2.36. The van der Waals surface area contributed by atoms with Crippen molar-refractivity contribution in [2.45, 2.75) is 51.2 Å². The molecular weight excluding hydrogens is 264 g/mol. The molecule has 2 aliphatic rings. The van der Waals surface area contributed by atoms with Crippen molar-refractivity contribution in [3.8, 4) is 0 Å². The van der Waals surface area contributed by atoms with E-state index in [9.17, 15) is 0 Å². The molecule has 1 atom stereocenters. The van der Waals surface area contributed by atoms with Gasteiger partial charge in [-0.25, -0.2) is 9.97 Å². The van der Waals surface area contributed by atoms with Crippen LogP contribution in [0.25, 0.3) is 0 Å². The molecule has 0 saturated carbocycles. The van der Waals surface area contributed by atoms with E-state index >= 15 is 0 Å². The molecule has 1 aromatic rings. The number of aromatic nitrogens is 2. The molecule has 0 amide bonds. The second kappa shape index (κ2) is 6.28. The Labute approximate surface area is 127 Å². The molecule has 3 heterocycles. The van der Waals surface area contributed by atoms with Gasteiger partial charge in [-0.2, -0.15) is 0 Å². The number of nitrogens with zero attached hydrogens (tertiary/aromatic N) is 3. The lowest BCUT2D eigenvalue weighted by Gasteiger charge is -2.46. The summed E-state index contributed by atoms with van der Waals surface area (Å²) in [5.74, 6) is 1.05. The minimum atomic E-state index is 0.0870. The van der Waals surface area contributed by atoms with Gasteiger partial charge in [0.15, 0.2) is 0 Å². The summed E-state index contributed by atoms with van der Waals surface area (Å²) in [5.41, 5.74) is 1.12. The van der Waals surface area contributed by atoms with E-state index in [0.29, 0.717) is 6.04 Å². The van der Waals surface area contributed by atoms with Gasteiger partial charge in [0.25, 0.3) is 0 Å². The zero-order valence-electron chi connectivity index (χ0n) is 13.1. The van der Waals surface area contributed by atoms with Crippen LogP contribution in [-0.2, 0) is 4.74 Å². The number of piperidine rings is 1. The average molecular weight is 290 g/mol. The minimum absolute atomic E-state index is 0.0870. The molecule has 1 spiro atoms. The van der Waals surface area contributed by atoms with Gasteiger partial charge in [0.1, 0.15) is 12.1 Å². The summed E-state index contributed by atoms with van der Waals surface area (Å²) in [5, 5.41) is 3.59. The fourth-order valence-electron chi connectivity index (χ4n) is 3.60. The van der Waals surface area contributed by atoms with Crippen LogP contribution in [0.3, 0.4) is 0 Å². The van der Waals surface area contributed by atoms with E-state index in [1.165, 1.54) is 0 Å². The largest absolute Gasteiger partial charge is 0.375 e. The number of aryl methyl sites for hydroxylation is 1. The summed E-state index contributed by atoms with van der Waals surface area (Å²) in [4.78, 5) is 10.9. The predicted octanol–water partition coefficient (Wildman–Crippen LogP) is 1.91. The predicted molar refractivity (Wildman–Crippen MR) is 83.6 cm³/mol. The third-order valence-electron chi connectivity index (χ3n) is 4.77. The van der Waals surface area contributed by atoms with Crippen LogP contribution >= 0.6 is 0 Å². The van der Waals surface area contributed by atoms with E-state index < -0.39 is 0 Å². The first-order valence-electron chi connectivity index (χ1n) is 8.12. The Morgan fingerprint density at radius 2 is 2.19 bits per heavy atom. The summed E-state index contributed by atoms with van der Waals surface area (Å²) in [6.07, 6.45) is 6.14. The molecule has 2 saturated heterocycles. The minimum Gasteiger partial charge on any atom is -0.375 e. The third kappa shape index (κ3) is 3.35. The van der Waals surface area contributed by atoms with Gasteiger partial charge < -0.3 is 15.0 Å². The average Bonchev–Trinajstić information content (AvgIpc) is 2.48. The van der Waals surface area contributed by atoms with Crippen molar-refractivity contribution in [1.82, 2.24) is 15.3 Å². The monoisotopic (exact) mass is 290 g/mol. The SMILES string of the molecule is CCN[C@H]1CCOC2(CCN(c3cc(C)ncn3)CC2)C1. The Bertz CT molecular complexity index is 469. The first-order chi connectivity index (χ1) is 10.2. The number of anilines is 1. The maximum absolute atomic E-state index is 6.19. The molecule has 5 heteroatoms. The van der Waals surface area contributed by atoms with Gasteiger partial charge in [-0.1, -0.05) is 6.92 Å². The van der Waals surface area contributed by atoms with Crippen LogP contribution < -0.4 is 10.2 Å². The van der Waals surface area contributed by atoms with E-state index in [2.05, 4.69) is 33.2 Å². The molecule has 116 valence electrons. The molecule has 3 rings (SSSR count). The Balaban J connectivity index is 1.61. The zero-order chi connectivity index (χ0) is 14.7. The Hall–Kier alpha value is -1.20. The van der Waals surface area contributed by atoms with Crippen LogP contribution in [0.15, 0.2) is 12.4 Å². The Morgan fingerprint density at radius 1 is 1.38 bits per heavy atom. The summed E-state index contributed by atoms with van der Waals surface area (Å²) in [6, 6.07) is 2.69. The van der Waals surface area contributed by atoms with E-state index in [1.807, 2.05) is 6.92 Å². The lowest BCUT2D eigenvalue weighted by atomic mass is 9.82. The van der Waals surface area contributed by atoms with Gasteiger partial charge in [0, 0.05) is 37.5 Å². The van der Waals surface area contributed by atoms with Gasteiger partial charge in [-0.05, 0) is 39.2 Å². The molecule has 0 unspecified atom stereocenters. The summed E-state index contributed by atoms with van der Waals surface area (Å²) in [6.45, 7) is 8.19. The molecule has 2 fully saturated rings. The molecule has 2 aliphatic heterocycles. The first kappa shape index (κ1) is 14.7. The Morgan fingerprint density at radius 3 is 2.90 bits per heavy atom. The van der Waals surface area contributed by atoms with E-state index in [1.54, 1.807) is 6.33 Å². The van der Waals surface area contributed by atoms with E-state index in [4.69, 9.17) is 4.74 Å². The molecule has 1 N–H and O–H groups in total. The van der Waals surface area contributed by atoms with Crippen LogP contribution in [0.2, 0.25) is 0 Å². The standard InChI is InChI=1S/C16H26N4O/c1-3-17-14-4-9-21-16(11-14)5-7-20(8-6-16)15-10-13(2)18-12-19-15/h10,12,14,17H,3-9,11H2,1-2H3/t14-/m0/s1. The van der Waals surface area contributed by atoms with Gasteiger partial charge in [-0.3, -0.25) is 0 Å². The smallest absolute Gasteiger partial charge is 0.132 e. The summed E-state index contributed by atoms with van der Waals surface area (Å²) < 4.78 is 6.19. The zero-order valence-corrected chi connectivity index (χ0v) is 13.1. The summed E-state index contributed by atoms with van der Waals surface area (Å²) in [7, 11) is 0. The van der Waals surface area contributed by atoms with Crippen LogP contribution in [-0.4, -0.2) is 47.9 Å². The van der Waals surface area contributed by atoms with Crippen LogP contribution in [0.1, 0.15) is 38.3 Å². The maximum atomic E-state index is 6.19. The highest BCUT2D eigenvalue weighted by atomic mass is 16.5. The lowest BCUT2D eigenvalue weighted by Crippen LogP contribution is -2.53.